The standard InChI is InChI=1S/C44H52ClN9O4/c1-30-25-44(29-54(30)35-7-4-33(26-46)37(45)24-35)14-18-51(19-15-44)34-5-2-32(3-6-34)43(58)53-16-12-31(13-17-53)28-50-20-22-52(23-21-50)36-8-9-38(47-27-36)41(56)48-39-10-11-40(55)49-42(39)57/h2-9,24,27,30-31,39H,10-23,25,28-29H2,1H3,(H,48,56)(H,49,55,57)/t30-,39+/m1/s1. The number of amides is 4. The minimum Gasteiger partial charge on any atom is -0.371 e. The molecule has 2 N–H and O–H groups in total. The highest BCUT2D eigenvalue weighted by molar-refractivity contribution is 6.32. The SMILES string of the molecule is C[C@@H]1CC2(CCN(c3ccc(C(=O)N4CCC(CN5CCN(c6ccc(C(=O)N[C@H]7CCC(=O)NC7=O)nc6)CC5)CC4)cc3)CC2)CN1c1ccc(C#N)c(Cl)c1. The molecule has 5 saturated heterocycles. The third-order valence-electron chi connectivity index (χ3n) is 13.2. The largest absolute Gasteiger partial charge is 0.371 e. The van der Waals surface area contributed by atoms with Gasteiger partial charge in [-0.2, -0.15) is 5.26 Å². The number of hydrogen-bond acceptors (Lipinski definition) is 10. The van der Waals surface area contributed by atoms with Gasteiger partial charge in [0.2, 0.25) is 11.8 Å². The van der Waals surface area contributed by atoms with E-state index in [-0.39, 0.29) is 35.8 Å². The lowest BCUT2D eigenvalue weighted by Gasteiger charge is -2.40. The summed E-state index contributed by atoms with van der Waals surface area (Å²) in [6, 6.07) is 19.4. The van der Waals surface area contributed by atoms with E-state index < -0.39 is 17.9 Å². The first-order valence-corrected chi connectivity index (χ1v) is 21.1. The van der Waals surface area contributed by atoms with Crippen LogP contribution >= 0.6 is 11.6 Å². The highest BCUT2D eigenvalue weighted by atomic mass is 35.5. The molecule has 0 saturated carbocycles. The van der Waals surface area contributed by atoms with Crippen LogP contribution in [0.15, 0.2) is 60.8 Å². The first kappa shape index (κ1) is 39.6. The fourth-order valence-electron chi connectivity index (χ4n) is 9.68. The molecular formula is C44H52ClN9O4. The van der Waals surface area contributed by atoms with Gasteiger partial charge in [-0.15, -0.1) is 0 Å². The number of imide groups is 1. The lowest BCUT2D eigenvalue weighted by Crippen LogP contribution is -2.52. The Morgan fingerprint density at radius 1 is 0.897 bits per heavy atom. The molecule has 304 valence electrons. The third-order valence-corrected chi connectivity index (χ3v) is 13.5. The number of hydrogen-bond donors (Lipinski definition) is 2. The predicted molar refractivity (Wildman–Crippen MR) is 223 cm³/mol. The number of carbonyl (C=O) groups is 4. The van der Waals surface area contributed by atoms with E-state index in [0.717, 1.165) is 114 Å². The van der Waals surface area contributed by atoms with Crippen molar-refractivity contribution >= 4 is 52.3 Å². The summed E-state index contributed by atoms with van der Waals surface area (Å²) >= 11 is 6.38. The number of nitrogens with one attached hydrogen (secondary N) is 2. The fourth-order valence-corrected chi connectivity index (χ4v) is 9.90. The Balaban J connectivity index is 0.749. The van der Waals surface area contributed by atoms with E-state index in [0.29, 0.717) is 22.5 Å². The minimum absolute atomic E-state index is 0.118. The Morgan fingerprint density at radius 3 is 2.24 bits per heavy atom. The monoisotopic (exact) mass is 805 g/mol. The Kier molecular flexibility index (Phi) is 11.6. The number of nitriles is 1. The number of aromatic nitrogens is 1. The lowest BCUT2D eigenvalue weighted by molar-refractivity contribution is -0.134. The van der Waals surface area contributed by atoms with Crippen LogP contribution in [0.25, 0.3) is 0 Å². The smallest absolute Gasteiger partial charge is 0.270 e. The fraction of sp³-hybridized carbons (Fsp3) is 0.500. The molecule has 3 aromatic rings. The Labute approximate surface area is 345 Å². The second-order valence-electron chi connectivity index (χ2n) is 16.9. The number of piperidine rings is 3. The molecule has 5 aliphatic heterocycles. The van der Waals surface area contributed by atoms with Gasteiger partial charge < -0.3 is 24.9 Å². The molecule has 2 atom stereocenters. The highest BCUT2D eigenvalue weighted by Crippen LogP contribution is 2.46. The number of carbonyl (C=O) groups excluding carboxylic acids is 4. The number of piperazine rings is 1. The summed E-state index contributed by atoms with van der Waals surface area (Å²) in [5.74, 6) is -0.561. The summed E-state index contributed by atoms with van der Waals surface area (Å²) in [6.07, 6.45) is 7.58. The number of pyridine rings is 1. The summed E-state index contributed by atoms with van der Waals surface area (Å²) in [5, 5.41) is 14.7. The van der Waals surface area contributed by atoms with Gasteiger partial charge in [0, 0.05) is 94.8 Å². The average molecular weight is 806 g/mol. The first-order chi connectivity index (χ1) is 28.1. The Hall–Kier alpha value is -5.19. The maximum absolute atomic E-state index is 13.5. The zero-order valence-electron chi connectivity index (χ0n) is 33.2. The van der Waals surface area contributed by atoms with Crippen LogP contribution in [0.5, 0.6) is 0 Å². The molecule has 0 radical (unpaired) electrons. The minimum atomic E-state index is -0.732. The van der Waals surface area contributed by atoms with E-state index in [1.54, 1.807) is 12.3 Å². The molecule has 4 amide bonds. The van der Waals surface area contributed by atoms with Crippen LogP contribution in [0.1, 0.15) is 78.3 Å². The zero-order chi connectivity index (χ0) is 40.4. The molecule has 5 aliphatic rings. The number of rotatable bonds is 8. The molecule has 0 aliphatic carbocycles. The van der Waals surface area contributed by atoms with Crippen LogP contribution in [0.3, 0.4) is 0 Å². The second-order valence-corrected chi connectivity index (χ2v) is 17.3. The number of halogens is 1. The van der Waals surface area contributed by atoms with Crippen molar-refractivity contribution in [1.82, 2.24) is 25.4 Å². The predicted octanol–water partition coefficient (Wildman–Crippen LogP) is 4.70. The van der Waals surface area contributed by atoms with E-state index in [9.17, 15) is 24.4 Å². The van der Waals surface area contributed by atoms with Gasteiger partial charge in [-0.3, -0.25) is 29.4 Å². The molecule has 0 unspecified atom stereocenters. The number of likely N-dealkylation sites (tertiary alicyclic amines) is 1. The van der Waals surface area contributed by atoms with Crippen molar-refractivity contribution in [3.05, 3.63) is 82.6 Å². The maximum Gasteiger partial charge on any atom is 0.270 e. The summed E-state index contributed by atoms with van der Waals surface area (Å²) in [4.78, 5) is 65.7. The molecule has 13 nitrogen and oxygen atoms in total. The lowest BCUT2D eigenvalue weighted by atomic mass is 9.76. The van der Waals surface area contributed by atoms with Gasteiger partial charge in [-0.1, -0.05) is 11.6 Å². The van der Waals surface area contributed by atoms with Gasteiger partial charge in [0.05, 0.1) is 22.5 Å². The third kappa shape index (κ3) is 8.64. The number of anilines is 3. The molecule has 5 fully saturated rings. The van der Waals surface area contributed by atoms with Crippen molar-refractivity contribution in [2.75, 3.05) is 80.1 Å². The van der Waals surface area contributed by atoms with E-state index >= 15 is 0 Å². The molecule has 1 aromatic heterocycles. The molecule has 0 bridgehead atoms. The molecule has 2 aromatic carbocycles. The molecule has 1 spiro atoms. The van der Waals surface area contributed by atoms with Crippen LogP contribution in [-0.4, -0.2) is 116 Å². The van der Waals surface area contributed by atoms with Crippen LogP contribution in [0.2, 0.25) is 5.02 Å². The number of benzene rings is 2. The molecular weight excluding hydrogens is 754 g/mol. The van der Waals surface area contributed by atoms with E-state index in [1.807, 2.05) is 41.3 Å². The summed E-state index contributed by atoms with van der Waals surface area (Å²) in [6.45, 7) is 11.5. The summed E-state index contributed by atoms with van der Waals surface area (Å²) in [7, 11) is 0. The van der Waals surface area contributed by atoms with Gasteiger partial charge in [0.15, 0.2) is 0 Å². The Morgan fingerprint density at radius 2 is 1.59 bits per heavy atom. The van der Waals surface area contributed by atoms with Crippen molar-refractivity contribution in [3.8, 4) is 6.07 Å². The van der Waals surface area contributed by atoms with Crippen molar-refractivity contribution in [2.45, 2.75) is 64.0 Å². The van der Waals surface area contributed by atoms with Gasteiger partial charge in [0.25, 0.3) is 11.8 Å². The van der Waals surface area contributed by atoms with Crippen molar-refractivity contribution in [2.24, 2.45) is 11.3 Å². The maximum atomic E-state index is 13.5. The average Bonchev–Trinajstić information content (AvgIpc) is 3.57. The van der Waals surface area contributed by atoms with Gasteiger partial charge in [0.1, 0.15) is 17.8 Å². The summed E-state index contributed by atoms with van der Waals surface area (Å²) in [5.41, 5.74) is 5.00. The van der Waals surface area contributed by atoms with Crippen LogP contribution < -0.4 is 25.3 Å². The van der Waals surface area contributed by atoms with E-state index in [1.165, 1.54) is 5.69 Å². The zero-order valence-corrected chi connectivity index (χ0v) is 33.9. The highest BCUT2D eigenvalue weighted by Gasteiger charge is 2.44. The van der Waals surface area contributed by atoms with Crippen molar-refractivity contribution in [1.29, 1.82) is 5.26 Å². The van der Waals surface area contributed by atoms with E-state index in [4.69, 9.17) is 11.6 Å². The first-order valence-electron chi connectivity index (χ1n) is 20.7. The van der Waals surface area contributed by atoms with Crippen molar-refractivity contribution < 1.29 is 19.2 Å². The van der Waals surface area contributed by atoms with Gasteiger partial charge in [-0.05, 0) is 111 Å². The van der Waals surface area contributed by atoms with E-state index in [2.05, 4.69) is 60.3 Å². The van der Waals surface area contributed by atoms with Crippen LogP contribution in [-0.2, 0) is 9.59 Å². The number of nitrogens with zero attached hydrogens (tertiary/aromatic N) is 7. The molecule has 14 heteroatoms. The molecule has 8 rings (SSSR count). The normalized spacial score (nSPS) is 22.8. The van der Waals surface area contributed by atoms with Crippen LogP contribution in [0.4, 0.5) is 17.1 Å². The van der Waals surface area contributed by atoms with Crippen LogP contribution in [0, 0.1) is 22.7 Å². The molecule has 58 heavy (non-hydrogen) atoms. The topological polar surface area (TPSA) is 145 Å². The summed E-state index contributed by atoms with van der Waals surface area (Å²) < 4.78 is 0. The second kappa shape index (κ2) is 17.0. The van der Waals surface area contributed by atoms with Gasteiger partial charge in [-0.25, -0.2) is 4.98 Å². The van der Waals surface area contributed by atoms with Gasteiger partial charge >= 0.3 is 0 Å². The van der Waals surface area contributed by atoms with Crippen molar-refractivity contribution in [3.63, 3.8) is 0 Å². The molecule has 6 heterocycles. The Bertz CT molecular complexity index is 2050. The quantitative estimate of drug-likeness (QED) is 0.308.